The second-order valence-corrected chi connectivity index (χ2v) is 16.4. The average Bonchev–Trinajstić information content (AvgIpc) is 3.96. The fraction of sp³-hybridized carbons (Fsp3) is 0.250. The van der Waals surface area contributed by atoms with Crippen LogP contribution in [0.15, 0.2) is 119 Å². The number of aliphatic imine (C=N–C) groups is 2. The van der Waals surface area contributed by atoms with Crippen LogP contribution in [-0.4, -0.2) is 93.3 Å². The van der Waals surface area contributed by atoms with Gasteiger partial charge in [-0.15, -0.1) is 0 Å². The molecule has 3 atom stereocenters. The number of carbonyl (C=O) groups is 3. The highest BCUT2D eigenvalue weighted by molar-refractivity contribution is 6.06. The number of rotatable bonds is 15. The zero-order valence-corrected chi connectivity index (χ0v) is 37.6. The quantitative estimate of drug-likeness (QED) is 0.0765. The lowest BCUT2D eigenvalue weighted by atomic mass is 9.99. The number of hydrogen-bond acceptors (Lipinski definition) is 12. The monoisotopic (exact) mass is 902 g/mol. The minimum Gasteiger partial charge on any atom is -0.497 e. The predicted octanol–water partition coefficient (Wildman–Crippen LogP) is 9.68. The van der Waals surface area contributed by atoms with E-state index < -0.39 is 6.09 Å². The van der Waals surface area contributed by atoms with Gasteiger partial charge < -0.3 is 43.5 Å². The molecule has 15 nitrogen and oxygen atoms in total. The van der Waals surface area contributed by atoms with Gasteiger partial charge in [0.25, 0.3) is 11.8 Å². The summed E-state index contributed by atoms with van der Waals surface area (Å²) in [4.78, 5) is 52.6. The molecule has 0 fully saturated rings. The number of methoxy groups -OCH3 is 3. The Labute approximate surface area is 388 Å². The van der Waals surface area contributed by atoms with Crippen molar-refractivity contribution in [2.24, 2.45) is 9.98 Å². The minimum atomic E-state index is -0.567. The van der Waals surface area contributed by atoms with Gasteiger partial charge in [-0.3, -0.25) is 24.9 Å². The molecule has 0 saturated heterocycles. The molecule has 0 bridgehead atoms. The Morgan fingerprint density at radius 1 is 0.761 bits per heavy atom. The number of benzene rings is 5. The van der Waals surface area contributed by atoms with Gasteiger partial charge in [0.1, 0.15) is 12.4 Å². The van der Waals surface area contributed by atoms with Gasteiger partial charge in [-0.1, -0.05) is 36.4 Å². The number of nitrogens with one attached hydrogen (secondary N) is 2. The first-order valence-electron chi connectivity index (χ1n) is 21.9. The van der Waals surface area contributed by atoms with E-state index in [9.17, 15) is 14.4 Å². The van der Waals surface area contributed by atoms with Crippen LogP contribution in [0.2, 0.25) is 0 Å². The fourth-order valence-electron chi connectivity index (χ4n) is 8.64. The molecule has 0 spiro atoms. The lowest BCUT2D eigenvalue weighted by Crippen LogP contribution is -2.40. The molecule has 0 saturated carbocycles. The van der Waals surface area contributed by atoms with Gasteiger partial charge in [-0.05, 0) is 96.4 Å². The van der Waals surface area contributed by atoms with Crippen molar-refractivity contribution in [3.05, 3.63) is 137 Å². The van der Waals surface area contributed by atoms with E-state index in [4.69, 9.17) is 33.4 Å². The highest BCUT2D eigenvalue weighted by Crippen LogP contribution is 2.42. The number of carbonyl (C=O) groups excluding carboxylic acids is 3. The lowest BCUT2D eigenvalue weighted by molar-refractivity contribution is 0.0781. The molecule has 67 heavy (non-hydrogen) atoms. The van der Waals surface area contributed by atoms with Crippen molar-refractivity contribution >= 4 is 64.7 Å². The number of fused-ring (bicyclic) bond motifs is 4. The third-order valence-corrected chi connectivity index (χ3v) is 12.3. The van der Waals surface area contributed by atoms with E-state index >= 15 is 0 Å². The van der Waals surface area contributed by atoms with Gasteiger partial charge in [-0.2, -0.15) is 0 Å². The summed E-state index contributed by atoms with van der Waals surface area (Å²) in [6.07, 6.45) is 6.82. The standard InChI is InChI=1S/C52H50N6O9/c1-31-45-22-36(33-9-15-38(16-10-33)56-52(61)67-30-32-7-13-37(53-2)14-8-32)29-58(45)51(60)42-24-47(64-5)49(26-44(42)55-31)66-20-6-19-65-48-25-43-41(23-46(48)63-4)50(59)57-28-35(21-39(57)27-54-43)34-11-17-40(62-3)18-12-34/h7-18,23-29,31,39,45,55H,2,6,19-22,30H2,1,3-5H3,(H,56,61)/t31?,39?,45-/m0/s1. The Morgan fingerprint density at radius 2 is 1.39 bits per heavy atom. The second kappa shape index (κ2) is 19.2. The molecule has 0 aromatic heterocycles. The van der Waals surface area contributed by atoms with Crippen LogP contribution in [0, 0.1) is 0 Å². The molecule has 0 radical (unpaired) electrons. The molecule has 4 aliphatic rings. The molecule has 4 heterocycles. The number of ether oxygens (including phenoxy) is 6. The first kappa shape index (κ1) is 44.1. The van der Waals surface area contributed by atoms with Crippen LogP contribution in [0.25, 0.3) is 11.1 Å². The fourth-order valence-corrected chi connectivity index (χ4v) is 8.64. The van der Waals surface area contributed by atoms with Gasteiger partial charge in [0, 0.05) is 55.3 Å². The zero-order valence-electron chi connectivity index (χ0n) is 37.6. The smallest absolute Gasteiger partial charge is 0.411 e. The van der Waals surface area contributed by atoms with Crippen LogP contribution >= 0.6 is 0 Å². The molecule has 4 aliphatic heterocycles. The van der Waals surface area contributed by atoms with Gasteiger partial charge in [0.15, 0.2) is 23.0 Å². The van der Waals surface area contributed by atoms with E-state index in [0.717, 1.165) is 39.3 Å². The summed E-state index contributed by atoms with van der Waals surface area (Å²) >= 11 is 0. The van der Waals surface area contributed by atoms with E-state index in [2.05, 4.69) is 29.3 Å². The van der Waals surface area contributed by atoms with E-state index in [0.29, 0.717) is 77.1 Å². The Hall–Kier alpha value is -8.07. The largest absolute Gasteiger partial charge is 0.497 e. The number of amides is 3. The van der Waals surface area contributed by atoms with E-state index in [1.165, 1.54) is 7.11 Å². The molecular weight excluding hydrogens is 853 g/mol. The van der Waals surface area contributed by atoms with Crippen LogP contribution in [0.3, 0.4) is 0 Å². The molecule has 2 N–H and O–H groups in total. The summed E-state index contributed by atoms with van der Waals surface area (Å²) < 4.78 is 34.5. The van der Waals surface area contributed by atoms with Crippen LogP contribution in [0.1, 0.15) is 63.6 Å². The minimum absolute atomic E-state index is 0.103. The Bertz CT molecular complexity index is 2800. The van der Waals surface area contributed by atoms with Crippen LogP contribution in [-0.2, 0) is 11.3 Å². The number of hydrogen-bond donors (Lipinski definition) is 2. The molecule has 15 heteroatoms. The highest BCUT2D eigenvalue weighted by atomic mass is 16.5. The summed E-state index contributed by atoms with van der Waals surface area (Å²) in [6, 6.07) is 29.0. The van der Waals surface area contributed by atoms with Crippen molar-refractivity contribution in [3.63, 3.8) is 0 Å². The molecule has 0 aliphatic carbocycles. The molecule has 342 valence electrons. The van der Waals surface area contributed by atoms with Crippen molar-refractivity contribution in [2.45, 2.75) is 50.9 Å². The summed E-state index contributed by atoms with van der Waals surface area (Å²) in [5.74, 6) is 2.25. The van der Waals surface area contributed by atoms with Crippen molar-refractivity contribution in [1.82, 2.24) is 9.80 Å². The molecule has 3 amide bonds. The van der Waals surface area contributed by atoms with Gasteiger partial charge in [-0.25, -0.2) is 4.79 Å². The first-order valence-corrected chi connectivity index (χ1v) is 21.9. The topological polar surface area (TPSA) is 162 Å². The van der Waals surface area contributed by atoms with E-state index in [-0.39, 0.29) is 43.2 Å². The maximum atomic E-state index is 14.2. The van der Waals surface area contributed by atoms with Crippen molar-refractivity contribution in [1.29, 1.82) is 0 Å². The molecule has 2 unspecified atom stereocenters. The van der Waals surface area contributed by atoms with Crippen LogP contribution in [0.5, 0.6) is 28.7 Å². The highest BCUT2D eigenvalue weighted by Gasteiger charge is 2.39. The summed E-state index contributed by atoms with van der Waals surface area (Å²) in [6.45, 7) is 6.27. The lowest BCUT2D eigenvalue weighted by Gasteiger charge is -2.26. The van der Waals surface area contributed by atoms with Crippen molar-refractivity contribution in [3.8, 4) is 28.7 Å². The van der Waals surface area contributed by atoms with Gasteiger partial charge in [0.05, 0.1) is 74.8 Å². The van der Waals surface area contributed by atoms with Crippen molar-refractivity contribution < 1.29 is 42.8 Å². The normalized spacial score (nSPS) is 17.9. The Morgan fingerprint density at radius 3 is 2.06 bits per heavy atom. The Kier molecular flexibility index (Phi) is 12.6. The maximum absolute atomic E-state index is 14.2. The predicted molar refractivity (Wildman–Crippen MR) is 257 cm³/mol. The number of anilines is 2. The van der Waals surface area contributed by atoms with Crippen LogP contribution < -0.4 is 34.3 Å². The molecule has 5 aromatic rings. The maximum Gasteiger partial charge on any atom is 0.411 e. The average molecular weight is 903 g/mol. The van der Waals surface area contributed by atoms with E-state index in [1.807, 2.05) is 85.3 Å². The molecule has 5 aromatic carbocycles. The third-order valence-electron chi connectivity index (χ3n) is 12.3. The Balaban J connectivity index is 0.801. The number of nitrogens with zero attached hydrogens (tertiary/aromatic N) is 4. The van der Waals surface area contributed by atoms with E-state index in [1.54, 1.807) is 54.4 Å². The molecular formula is C52H50N6O9. The van der Waals surface area contributed by atoms with Crippen LogP contribution in [0.4, 0.5) is 27.5 Å². The summed E-state index contributed by atoms with van der Waals surface area (Å²) in [5, 5.41) is 6.33. The summed E-state index contributed by atoms with van der Waals surface area (Å²) in [7, 11) is 4.72. The molecule has 9 rings (SSSR count). The second-order valence-electron chi connectivity index (χ2n) is 16.4. The first-order chi connectivity index (χ1) is 32.6. The van der Waals surface area contributed by atoms with Crippen molar-refractivity contribution in [2.75, 3.05) is 45.2 Å². The SMILES string of the molecule is C=Nc1ccc(COC(=O)Nc2ccc(C3=CN4C(=O)c5cc(OC)c(OCCCOc6cc7c(cc6OC)C(=O)N6C=C(c8ccc(OC)cc8)CC6C=N7)cc5NC(C)[C@@H]4C3)cc2)cc1. The third kappa shape index (κ3) is 9.25. The van der Waals surface area contributed by atoms with Gasteiger partial charge >= 0.3 is 6.09 Å². The van der Waals surface area contributed by atoms with Gasteiger partial charge in [0.2, 0.25) is 0 Å². The zero-order chi connectivity index (χ0) is 46.6. The summed E-state index contributed by atoms with van der Waals surface area (Å²) in [5.41, 5.74) is 8.22.